The molecule has 0 radical (unpaired) electrons. The molecule has 0 unspecified atom stereocenters. The molecule has 0 atom stereocenters. The highest BCUT2D eigenvalue weighted by Gasteiger charge is 2.35. The van der Waals surface area contributed by atoms with Gasteiger partial charge in [-0.3, -0.25) is 0 Å². The van der Waals surface area contributed by atoms with E-state index in [0.29, 0.717) is 0 Å². The minimum atomic E-state index is -4.05. The van der Waals surface area contributed by atoms with E-state index >= 15 is 0 Å². The number of methoxy groups -OCH3 is 2. The molecule has 0 bridgehead atoms. The Morgan fingerprint density at radius 3 is 1.36 bits per heavy atom. The molecule has 0 saturated carbocycles. The minimum absolute atomic E-state index is 0.0222. The molecule has 0 N–H and O–H groups in total. The summed E-state index contributed by atoms with van der Waals surface area (Å²) in [5.41, 5.74) is 0. The van der Waals surface area contributed by atoms with Crippen molar-refractivity contribution in [2.45, 2.75) is 16.2 Å². The average Bonchev–Trinajstić information content (AvgIpc) is 3.04. The summed E-state index contributed by atoms with van der Waals surface area (Å²) in [6.45, 7) is 0.00965. The number of rotatable bonds is 6. The van der Waals surface area contributed by atoms with Crippen LogP contribution in [0.3, 0.4) is 0 Å². The molecule has 0 aliphatic carbocycles. The minimum Gasteiger partial charge on any atom is -0.494 e. The molecule has 2 aromatic carbocycles. The largest absolute Gasteiger partial charge is 0.494 e. The fourth-order valence-corrected chi connectivity index (χ4v) is 7.60. The van der Waals surface area contributed by atoms with Crippen LogP contribution in [0.2, 0.25) is 20.1 Å². The summed E-state index contributed by atoms with van der Waals surface area (Å²) >= 11 is 24.2. The van der Waals surface area contributed by atoms with E-state index in [1.54, 1.807) is 0 Å². The van der Waals surface area contributed by atoms with Gasteiger partial charge in [-0.1, -0.05) is 46.4 Å². The van der Waals surface area contributed by atoms with Crippen LogP contribution in [-0.2, 0) is 20.0 Å². The number of hydrogen-bond donors (Lipinski definition) is 0. The lowest BCUT2D eigenvalue weighted by molar-refractivity contribution is 0.384. The fraction of sp³-hybridized carbons (Fsp3) is 0.368. The van der Waals surface area contributed by atoms with Gasteiger partial charge in [0, 0.05) is 26.2 Å². The van der Waals surface area contributed by atoms with Gasteiger partial charge in [0.1, 0.15) is 19.8 Å². The molecule has 0 amide bonds. The SMILES string of the molecule is COc1c(S(=O)(=O)N2CCCN(S(=O)(=O)c3ccc(Cl)c(Cl)c3OC)CC2)ccc(Cl)c1Cl. The van der Waals surface area contributed by atoms with Crippen LogP contribution in [0.4, 0.5) is 0 Å². The third kappa shape index (κ3) is 5.04. The number of sulfonamides is 2. The van der Waals surface area contributed by atoms with E-state index in [4.69, 9.17) is 55.9 Å². The Bertz CT molecular complexity index is 1170. The van der Waals surface area contributed by atoms with E-state index in [1.165, 1.54) is 47.1 Å². The van der Waals surface area contributed by atoms with Crippen molar-refractivity contribution in [2.24, 2.45) is 0 Å². The molecule has 0 aromatic heterocycles. The third-order valence-electron chi connectivity index (χ3n) is 5.09. The number of hydrogen-bond acceptors (Lipinski definition) is 6. The Kier molecular flexibility index (Phi) is 8.33. The van der Waals surface area contributed by atoms with Crippen molar-refractivity contribution in [1.29, 1.82) is 0 Å². The second-order valence-corrected chi connectivity index (χ2v) is 12.3. The van der Waals surface area contributed by atoms with E-state index in [1.807, 2.05) is 0 Å². The van der Waals surface area contributed by atoms with Crippen molar-refractivity contribution in [3.05, 3.63) is 44.4 Å². The van der Waals surface area contributed by atoms with Crippen LogP contribution in [0.15, 0.2) is 34.1 Å². The molecule has 3 rings (SSSR count). The second kappa shape index (κ2) is 10.3. The molecule has 0 spiro atoms. The summed E-state index contributed by atoms with van der Waals surface area (Å²) in [6.07, 6.45) is 0.256. The van der Waals surface area contributed by atoms with Gasteiger partial charge in [0.25, 0.3) is 0 Å². The van der Waals surface area contributed by atoms with Gasteiger partial charge in [-0.2, -0.15) is 8.61 Å². The van der Waals surface area contributed by atoms with Crippen LogP contribution in [0.1, 0.15) is 6.42 Å². The number of nitrogens with zero attached hydrogens (tertiary/aromatic N) is 2. The predicted molar refractivity (Wildman–Crippen MR) is 128 cm³/mol. The predicted octanol–water partition coefficient (Wildman–Crippen LogP) is 4.40. The molecule has 182 valence electrons. The summed E-state index contributed by atoms with van der Waals surface area (Å²) in [7, 11) is -5.51. The smallest absolute Gasteiger partial charge is 0.246 e. The highest BCUT2D eigenvalue weighted by Crippen LogP contribution is 2.40. The number of benzene rings is 2. The summed E-state index contributed by atoms with van der Waals surface area (Å²) in [5.74, 6) is -0.142. The first-order valence-corrected chi connectivity index (χ1v) is 13.9. The molecule has 14 heteroatoms. The van der Waals surface area contributed by atoms with E-state index < -0.39 is 20.0 Å². The van der Waals surface area contributed by atoms with Crippen LogP contribution in [-0.4, -0.2) is 65.8 Å². The highest BCUT2D eigenvalue weighted by molar-refractivity contribution is 7.89. The lowest BCUT2D eigenvalue weighted by Gasteiger charge is -2.23. The summed E-state index contributed by atoms with van der Waals surface area (Å²) < 4.78 is 66.0. The first-order valence-electron chi connectivity index (χ1n) is 9.51. The van der Waals surface area contributed by atoms with Crippen molar-refractivity contribution >= 4 is 66.5 Å². The maximum absolute atomic E-state index is 13.3. The van der Waals surface area contributed by atoms with Crippen LogP contribution in [0.5, 0.6) is 11.5 Å². The van der Waals surface area contributed by atoms with E-state index in [-0.39, 0.29) is 74.0 Å². The lowest BCUT2D eigenvalue weighted by atomic mass is 10.3. The maximum Gasteiger partial charge on any atom is 0.246 e. The molecular weight excluding hydrogens is 558 g/mol. The molecule has 1 fully saturated rings. The van der Waals surface area contributed by atoms with Gasteiger partial charge in [-0.15, -0.1) is 0 Å². The topological polar surface area (TPSA) is 93.2 Å². The molecule has 33 heavy (non-hydrogen) atoms. The second-order valence-electron chi connectivity index (χ2n) is 6.95. The Labute approximate surface area is 213 Å². The Morgan fingerprint density at radius 1 is 0.667 bits per heavy atom. The molecule has 1 heterocycles. The van der Waals surface area contributed by atoms with Crippen molar-refractivity contribution in [1.82, 2.24) is 8.61 Å². The average molecular weight is 578 g/mol. The zero-order valence-corrected chi connectivity index (χ0v) is 22.2. The van der Waals surface area contributed by atoms with Crippen LogP contribution >= 0.6 is 46.4 Å². The lowest BCUT2D eigenvalue weighted by Crippen LogP contribution is -2.37. The Morgan fingerprint density at radius 2 is 1.03 bits per heavy atom. The van der Waals surface area contributed by atoms with Gasteiger partial charge in [-0.05, 0) is 30.7 Å². The van der Waals surface area contributed by atoms with Crippen LogP contribution in [0, 0.1) is 0 Å². The number of ether oxygens (including phenoxy) is 2. The quantitative estimate of drug-likeness (QED) is 0.505. The fourth-order valence-electron chi connectivity index (χ4n) is 3.44. The summed E-state index contributed by atoms with van der Waals surface area (Å²) in [4.78, 5) is -0.302. The van der Waals surface area contributed by atoms with Gasteiger partial charge in [-0.25, -0.2) is 16.8 Å². The molecule has 8 nitrogen and oxygen atoms in total. The third-order valence-corrected chi connectivity index (χ3v) is 10.5. The summed E-state index contributed by atoms with van der Waals surface area (Å²) in [6, 6.07) is 5.35. The normalized spacial score (nSPS) is 16.4. The van der Waals surface area contributed by atoms with Crippen LogP contribution in [0.25, 0.3) is 0 Å². The molecule has 2 aromatic rings. The van der Waals surface area contributed by atoms with E-state index in [0.717, 1.165) is 0 Å². The highest BCUT2D eigenvalue weighted by atomic mass is 35.5. The monoisotopic (exact) mass is 576 g/mol. The van der Waals surface area contributed by atoms with Crippen LogP contribution < -0.4 is 9.47 Å². The Balaban J connectivity index is 1.91. The zero-order valence-electron chi connectivity index (χ0n) is 17.5. The van der Waals surface area contributed by atoms with E-state index in [9.17, 15) is 16.8 Å². The molecular formula is C19H20Cl4N2O6S2. The summed E-state index contributed by atoms with van der Waals surface area (Å²) in [5, 5.41) is 0.254. The van der Waals surface area contributed by atoms with Gasteiger partial charge in [0.15, 0.2) is 11.5 Å². The van der Waals surface area contributed by atoms with Gasteiger partial charge >= 0.3 is 0 Å². The maximum atomic E-state index is 13.3. The van der Waals surface area contributed by atoms with Crippen molar-refractivity contribution < 1.29 is 26.3 Å². The van der Waals surface area contributed by atoms with Gasteiger partial charge in [0.05, 0.1) is 24.3 Å². The molecule has 1 aliphatic heterocycles. The first kappa shape index (κ1) is 26.6. The number of halogens is 4. The standard InChI is InChI=1S/C19H20Cl4N2O6S2/c1-30-18-14(6-4-12(20)16(18)22)32(26,27)24-8-3-9-25(11-10-24)33(28,29)15-7-5-13(21)17(23)19(15)31-2/h4-7H,3,8-11H2,1-2H3. The molecule has 1 saturated heterocycles. The van der Waals surface area contributed by atoms with Gasteiger partial charge < -0.3 is 9.47 Å². The van der Waals surface area contributed by atoms with E-state index in [2.05, 4.69) is 0 Å². The van der Waals surface area contributed by atoms with Gasteiger partial charge in [0.2, 0.25) is 20.0 Å². The van der Waals surface area contributed by atoms with Crippen molar-refractivity contribution in [3.63, 3.8) is 0 Å². The van der Waals surface area contributed by atoms with Crippen molar-refractivity contribution in [3.8, 4) is 11.5 Å². The van der Waals surface area contributed by atoms with Crippen molar-refractivity contribution in [2.75, 3.05) is 40.4 Å². The molecule has 1 aliphatic rings. The first-order chi connectivity index (χ1) is 15.5. The Hall–Kier alpha value is -0.980. The zero-order chi connectivity index (χ0) is 24.6.